The third kappa shape index (κ3) is 7.17. The first-order valence-corrected chi connectivity index (χ1v) is 6.31. The van der Waals surface area contributed by atoms with Gasteiger partial charge in [-0.1, -0.05) is 6.42 Å². The third-order valence-corrected chi connectivity index (χ3v) is 2.83. The zero-order chi connectivity index (χ0) is 11.5. The van der Waals surface area contributed by atoms with Crippen molar-refractivity contribution < 1.29 is 14.2 Å². The van der Waals surface area contributed by atoms with Crippen molar-refractivity contribution in [1.82, 2.24) is 5.32 Å². The van der Waals surface area contributed by atoms with Crippen molar-refractivity contribution in [1.29, 1.82) is 0 Å². The van der Waals surface area contributed by atoms with Crippen molar-refractivity contribution in [2.75, 3.05) is 46.7 Å². The monoisotopic (exact) mass is 231 g/mol. The molecule has 1 saturated heterocycles. The Morgan fingerprint density at radius 3 is 2.44 bits per heavy atom. The van der Waals surface area contributed by atoms with Gasteiger partial charge >= 0.3 is 0 Å². The molecular formula is C12H25NO3. The van der Waals surface area contributed by atoms with E-state index in [2.05, 4.69) is 5.32 Å². The van der Waals surface area contributed by atoms with E-state index in [1.54, 1.807) is 7.11 Å². The number of rotatable bonds is 9. The summed E-state index contributed by atoms with van der Waals surface area (Å²) in [5.41, 5.74) is 0. The number of nitrogens with one attached hydrogen (secondary N) is 1. The summed E-state index contributed by atoms with van der Waals surface area (Å²) in [6.45, 7) is 4.68. The van der Waals surface area contributed by atoms with Crippen molar-refractivity contribution in [2.24, 2.45) is 0 Å². The van der Waals surface area contributed by atoms with Crippen LogP contribution in [-0.2, 0) is 14.2 Å². The molecule has 1 rings (SSSR count). The second kappa shape index (κ2) is 10.0. The van der Waals surface area contributed by atoms with Gasteiger partial charge in [0, 0.05) is 19.8 Å². The average Bonchev–Trinajstić information content (AvgIpc) is 2.34. The fourth-order valence-corrected chi connectivity index (χ4v) is 1.86. The van der Waals surface area contributed by atoms with Crippen molar-refractivity contribution in [2.45, 2.75) is 31.7 Å². The van der Waals surface area contributed by atoms with E-state index < -0.39 is 0 Å². The molecule has 0 aliphatic carbocycles. The number of methoxy groups -OCH3 is 1. The molecule has 1 aliphatic rings. The summed E-state index contributed by atoms with van der Waals surface area (Å²) in [4.78, 5) is 0. The Morgan fingerprint density at radius 2 is 1.75 bits per heavy atom. The van der Waals surface area contributed by atoms with Crippen LogP contribution in [0, 0.1) is 0 Å². The molecule has 0 unspecified atom stereocenters. The van der Waals surface area contributed by atoms with E-state index in [4.69, 9.17) is 14.2 Å². The Bertz CT molecular complexity index is 149. The molecule has 0 saturated carbocycles. The first kappa shape index (κ1) is 13.9. The predicted octanol–water partition coefficient (Wildman–Crippen LogP) is 1.20. The molecule has 1 heterocycles. The Hall–Kier alpha value is -0.160. The van der Waals surface area contributed by atoms with E-state index >= 15 is 0 Å². The maximum Gasteiger partial charge on any atom is 0.0701 e. The van der Waals surface area contributed by atoms with Crippen molar-refractivity contribution in [3.8, 4) is 0 Å². The van der Waals surface area contributed by atoms with Gasteiger partial charge in [-0.2, -0.15) is 0 Å². The maximum absolute atomic E-state index is 5.51. The number of hydrogen-bond acceptors (Lipinski definition) is 4. The Labute approximate surface area is 98.6 Å². The zero-order valence-corrected chi connectivity index (χ0v) is 10.4. The molecule has 0 aromatic heterocycles. The largest absolute Gasteiger partial charge is 0.382 e. The highest BCUT2D eigenvalue weighted by Crippen LogP contribution is 2.09. The first-order chi connectivity index (χ1) is 7.93. The smallest absolute Gasteiger partial charge is 0.0701 e. The van der Waals surface area contributed by atoms with Crippen LogP contribution in [0.25, 0.3) is 0 Å². The molecule has 4 heteroatoms. The number of piperidine rings is 1. The molecule has 0 aromatic carbocycles. The predicted molar refractivity (Wildman–Crippen MR) is 63.8 cm³/mol. The van der Waals surface area contributed by atoms with Gasteiger partial charge in [-0.15, -0.1) is 0 Å². The molecule has 1 atom stereocenters. The quantitative estimate of drug-likeness (QED) is 0.605. The van der Waals surface area contributed by atoms with E-state index in [0.29, 0.717) is 32.5 Å². The lowest BCUT2D eigenvalue weighted by atomic mass is 10.0. The molecule has 16 heavy (non-hydrogen) atoms. The van der Waals surface area contributed by atoms with Gasteiger partial charge in [0.1, 0.15) is 0 Å². The van der Waals surface area contributed by atoms with Crippen LogP contribution < -0.4 is 5.32 Å². The molecule has 0 aromatic rings. The highest BCUT2D eigenvalue weighted by Gasteiger charge is 2.11. The molecule has 1 fully saturated rings. The standard InChI is InChI=1S/C12H25NO3/c1-14-8-9-16-11-10-15-7-5-12-4-2-3-6-13-12/h12-13H,2-11H2,1H3/t12-/m1/s1. The van der Waals surface area contributed by atoms with Crippen LogP contribution in [0.2, 0.25) is 0 Å². The maximum atomic E-state index is 5.51. The van der Waals surface area contributed by atoms with Crippen molar-refractivity contribution in [3.05, 3.63) is 0 Å². The highest BCUT2D eigenvalue weighted by atomic mass is 16.5. The van der Waals surface area contributed by atoms with Gasteiger partial charge in [-0.25, -0.2) is 0 Å². The van der Waals surface area contributed by atoms with Gasteiger partial charge in [0.15, 0.2) is 0 Å². The molecule has 1 N–H and O–H groups in total. The van der Waals surface area contributed by atoms with Gasteiger partial charge in [0.05, 0.1) is 26.4 Å². The summed E-state index contributed by atoms with van der Waals surface area (Å²) in [6.07, 6.45) is 5.11. The Kier molecular flexibility index (Phi) is 8.71. The minimum atomic E-state index is 0.657. The van der Waals surface area contributed by atoms with E-state index in [1.165, 1.54) is 25.8 Å². The normalized spacial score (nSPS) is 21.2. The van der Waals surface area contributed by atoms with Crippen LogP contribution >= 0.6 is 0 Å². The molecular weight excluding hydrogens is 206 g/mol. The lowest BCUT2D eigenvalue weighted by molar-refractivity contribution is 0.0224. The Balaban J connectivity index is 1.77. The molecule has 0 spiro atoms. The molecule has 96 valence electrons. The summed E-state index contributed by atoms with van der Waals surface area (Å²) in [6, 6.07) is 0.670. The van der Waals surface area contributed by atoms with Crippen LogP contribution in [-0.4, -0.2) is 52.7 Å². The Morgan fingerprint density at radius 1 is 1.00 bits per heavy atom. The molecule has 0 bridgehead atoms. The minimum Gasteiger partial charge on any atom is -0.382 e. The summed E-state index contributed by atoms with van der Waals surface area (Å²) in [7, 11) is 1.68. The fourth-order valence-electron chi connectivity index (χ4n) is 1.86. The number of ether oxygens (including phenoxy) is 3. The van der Waals surface area contributed by atoms with E-state index in [9.17, 15) is 0 Å². The number of hydrogen-bond donors (Lipinski definition) is 1. The molecule has 1 aliphatic heterocycles. The van der Waals surface area contributed by atoms with Crippen LogP contribution in [0.3, 0.4) is 0 Å². The summed E-state index contributed by atoms with van der Waals surface area (Å²) >= 11 is 0. The van der Waals surface area contributed by atoms with Crippen LogP contribution in [0.5, 0.6) is 0 Å². The second-order valence-electron chi connectivity index (χ2n) is 4.15. The van der Waals surface area contributed by atoms with Crippen molar-refractivity contribution in [3.63, 3.8) is 0 Å². The van der Waals surface area contributed by atoms with E-state index in [1.807, 2.05) is 0 Å². The SMILES string of the molecule is COCCOCCOCC[C@H]1CCCCN1. The van der Waals surface area contributed by atoms with Crippen molar-refractivity contribution >= 4 is 0 Å². The summed E-state index contributed by atoms with van der Waals surface area (Å²) < 4.78 is 15.7. The van der Waals surface area contributed by atoms with Gasteiger partial charge < -0.3 is 19.5 Å². The lowest BCUT2D eigenvalue weighted by Crippen LogP contribution is -2.34. The third-order valence-electron chi connectivity index (χ3n) is 2.83. The first-order valence-electron chi connectivity index (χ1n) is 6.31. The fraction of sp³-hybridized carbons (Fsp3) is 1.00. The topological polar surface area (TPSA) is 39.7 Å². The molecule has 0 radical (unpaired) electrons. The second-order valence-corrected chi connectivity index (χ2v) is 4.15. The van der Waals surface area contributed by atoms with Gasteiger partial charge in [0.25, 0.3) is 0 Å². The van der Waals surface area contributed by atoms with Gasteiger partial charge in [-0.3, -0.25) is 0 Å². The van der Waals surface area contributed by atoms with Gasteiger partial charge in [0.2, 0.25) is 0 Å². The average molecular weight is 231 g/mol. The van der Waals surface area contributed by atoms with E-state index in [0.717, 1.165) is 13.0 Å². The lowest BCUT2D eigenvalue weighted by Gasteiger charge is -2.23. The van der Waals surface area contributed by atoms with Gasteiger partial charge in [-0.05, 0) is 25.8 Å². The summed E-state index contributed by atoms with van der Waals surface area (Å²) in [5.74, 6) is 0. The van der Waals surface area contributed by atoms with Crippen LogP contribution in [0.4, 0.5) is 0 Å². The minimum absolute atomic E-state index is 0.657. The van der Waals surface area contributed by atoms with E-state index in [-0.39, 0.29) is 0 Å². The van der Waals surface area contributed by atoms with Crippen LogP contribution in [0.1, 0.15) is 25.7 Å². The highest BCUT2D eigenvalue weighted by molar-refractivity contribution is 4.71. The molecule has 4 nitrogen and oxygen atoms in total. The zero-order valence-electron chi connectivity index (χ0n) is 10.4. The van der Waals surface area contributed by atoms with Crippen LogP contribution in [0.15, 0.2) is 0 Å². The summed E-state index contributed by atoms with van der Waals surface area (Å²) in [5, 5.41) is 3.51. The molecule has 0 amide bonds.